The Morgan fingerprint density at radius 3 is 3.00 bits per heavy atom. The van der Waals surface area contributed by atoms with Gasteiger partial charge in [-0.25, -0.2) is 9.78 Å². The highest BCUT2D eigenvalue weighted by molar-refractivity contribution is 6.29. The lowest BCUT2D eigenvalue weighted by Gasteiger charge is -2.28. The number of hydrogen-bond acceptors (Lipinski definition) is 5. The SMILES string of the molecule is O=C(O)c1cc(Cl)nc(N2CCn3cnnc3C2)c1. The lowest BCUT2D eigenvalue weighted by molar-refractivity contribution is 0.0697. The summed E-state index contributed by atoms with van der Waals surface area (Å²) < 4.78 is 1.96. The molecule has 0 saturated heterocycles. The molecule has 0 bridgehead atoms. The zero-order chi connectivity index (χ0) is 13.4. The van der Waals surface area contributed by atoms with E-state index in [1.165, 1.54) is 12.1 Å². The molecule has 2 aromatic heterocycles. The Morgan fingerprint density at radius 2 is 2.21 bits per heavy atom. The Hall–Kier alpha value is -2.15. The number of aromatic nitrogens is 4. The fourth-order valence-electron chi connectivity index (χ4n) is 2.03. The van der Waals surface area contributed by atoms with Gasteiger partial charge in [-0.3, -0.25) is 0 Å². The van der Waals surface area contributed by atoms with Gasteiger partial charge in [-0.05, 0) is 12.1 Å². The third kappa shape index (κ3) is 2.24. The quantitative estimate of drug-likeness (QED) is 0.827. The molecule has 0 atom stereocenters. The Kier molecular flexibility index (Phi) is 2.83. The molecule has 3 heterocycles. The molecule has 0 aliphatic carbocycles. The van der Waals surface area contributed by atoms with E-state index in [1.807, 2.05) is 9.47 Å². The number of fused-ring (bicyclic) bond motifs is 1. The van der Waals surface area contributed by atoms with Gasteiger partial charge in [-0.15, -0.1) is 10.2 Å². The van der Waals surface area contributed by atoms with Gasteiger partial charge >= 0.3 is 5.97 Å². The number of hydrogen-bond donors (Lipinski definition) is 1. The van der Waals surface area contributed by atoms with Crippen LogP contribution in [0.4, 0.5) is 5.82 Å². The standard InChI is InChI=1S/C11H10ClN5O2/c12-8-3-7(11(18)19)4-9(14-8)16-1-2-17-6-13-15-10(17)5-16/h3-4,6H,1-2,5H2,(H,18,19). The molecule has 0 spiro atoms. The largest absolute Gasteiger partial charge is 0.478 e. The lowest BCUT2D eigenvalue weighted by atomic mass is 10.2. The summed E-state index contributed by atoms with van der Waals surface area (Å²) >= 11 is 5.86. The lowest BCUT2D eigenvalue weighted by Crippen LogP contribution is -2.34. The number of aromatic carboxylic acids is 1. The van der Waals surface area contributed by atoms with E-state index in [1.54, 1.807) is 6.33 Å². The normalized spacial score (nSPS) is 14.3. The Bertz CT molecular complexity index is 642. The second kappa shape index (κ2) is 4.51. The number of rotatable bonds is 2. The predicted octanol–water partition coefficient (Wildman–Crippen LogP) is 1.04. The number of carboxylic acids is 1. The highest BCUT2D eigenvalue weighted by atomic mass is 35.5. The molecule has 19 heavy (non-hydrogen) atoms. The van der Waals surface area contributed by atoms with Crippen LogP contribution in [0.5, 0.6) is 0 Å². The molecule has 2 aromatic rings. The predicted molar refractivity (Wildman–Crippen MR) is 67.3 cm³/mol. The first-order valence-corrected chi connectivity index (χ1v) is 6.04. The smallest absolute Gasteiger partial charge is 0.335 e. The Balaban J connectivity index is 1.93. The molecule has 98 valence electrons. The molecular weight excluding hydrogens is 270 g/mol. The number of halogens is 1. The Labute approximate surface area is 113 Å². The van der Waals surface area contributed by atoms with Crippen LogP contribution in [0.15, 0.2) is 18.5 Å². The summed E-state index contributed by atoms with van der Waals surface area (Å²) in [4.78, 5) is 17.1. The van der Waals surface area contributed by atoms with Crippen molar-refractivity contribution in [1.29, 1.82) is 0 Å². The molecule has 0 amide bonds. The highest BCUT2D eigenvalue weighted by Gasteiger charge is 2.20. The fraction of sp³-hybridized carbons (Fsp3) is 0.273. The van der Waals surface area contributed by atoms with Gasteiger partial charge in [0.2, 0.25) is 0 Å². The van der Waals surface area contributed by atoms with Gasteiger partial charge in [0, 0.05) is 13.1 Å². The van der Waals surface area contributed by atoms with E-state index in [9.17, 15) is 4.79 Å². The van der Waals surface area contributed by atoms with E-state index in [-0.39, 0.29) is 10.7 Å². The van der Waals surface area contributed by atoms with Gasteiger partial charge in [0.1, 0.15) is 17.3 Å². The average molecular weight is 280 g/mol. The van der Waals surface area contributed by atoms with E-state index in [2.05, 4.69) is 15.2 Å². The summed E-state index contributed by atoms with van der Waals surface area (Å²) in [6.07, 6.45) is 1.68. The maximum Gasteiger partial charge on any atom is 0.335 e. The van der Waals surface area contributed by atoms with Crippen molar-refractivity contribution in [3.05, 3.63) is 35.0 Å². The van der Waals surface area contributed by atoms with Crippen molar-refractivity contribution in [1.82, 2.24) is 19.7 Å². The van der Waals surface area contributed by atoms with E-state index in [4.69, 9.17) is 16.7 Å². The van der Waals surface area contributed by atoms with Crippen LogP contribution in [0, 0.1) is 0 Å². The first kappa shape index (κ1) is 11.9. The summed E-state index contributed by atoms with van der Waals surface area (Å²) in [5.41, 5.74) is 0.127. The molecule has 1 aliphatic heterocycles. The van der Waals surface area contributed by atoms with Crippen molar-refractivity contribution in [3.8, 4) is 0 Å². The van der Waals surface area contributed by atoms with E-state index in [0.29, 0.717) is 18.9 Å². The molecule has 0 saturated carbocycles. The number of anilines is 1. The molecule has 1 aliphatic rings. The van der Waals surface area contributed by atoms with Gasteiger partial charge < -0.3 is 14.6 Å². The maximum absolute atomic E-state index is 11.0. The van der Waals surface area contributed by atoms with E-state index in [0.717, 1.165) is 12.4 Å². The number of carboxylic acid groups (broad SMARTS) is 1. The summed E-state index contributed by atoms with van der Waals surface area (Å²) in [6.45, 7) is 1.97. The van der Waals surface area contributed by atoms with Gasteiger partial charge in [0.05, 0.1) is 12.1 Å². The minimum absolute atomic E-state index is 0.127. The second-order valence-corrected chi connectivity index (χ2v) is 4.59. The summed E-state index contributed by atoms with van der Waals surface area (Å²) in [6, 6.07) is 2.85. The van der Waals surface area contributed by atoms with Crippen LogP contribution in [0.1, 0.15) is 16.2 Å². The third-order valence-corrected chi connectivity index (χ3v) is 3.18. The Morgan fingerprint density at radius 1 is 1.37 bits per heavy atom. The molecule has 7 nitrogen and oxygen atoms in total. The highest BCUT2D eigenvalue weighted by Crippen LogP contribution is 2.21. The molecule has 1 N–H and O–H groups in total. The van der Waals surface area contributed by atoms with Crippen molar-refractivity contribution >= 4 is 23.4 Å². The molecule has 3 rings (SSSR count). The van der Waals surface area contributed by atoms with Crippen LogP contribution in [0.25, 0.3) is 0 Å². The van der Waals surface area contributed by atoms with Crippen molar-refractivity contribution in [3.63, 3.8) is 0 Å². The van der Waals surface area contributed by atoms with Crippen LogP contribution in [0.3, 0.4) is 0 Å². The topological polar surface area (TPSA) is 84.1 Å². The van der Waals surface area contributed by atoms with Crippen molar-refractivity contribution < 1.29 is 9.90 Å². The van der Waals surface area contributed by atoms with Gasteiger partial charge in [0.25, 0.3) is 0 Å². The number of carbonyl (C=O) groups is 1. The van der Waals surface area contributed by atoms with Crippen molar-refractivity contribution in [2.45, 2.75) is 13.1 Å². The molecule has 0 aromatic carbocycles. The zero-order valence-electron chi connectivity index (χ0n) is 9.82. The van der Waals surface area contributed by atoms with E-state index >= 15 is 0 Å². The first-order chi connectivity index (χ1) is 9.13. The fourth-order valence-corrected chi connectivity index (χ4v) is 2.23. The molecule has 8 heteroatoms. The summed E-state index contributed by atoms with van der Waals surface area (Å²) in [5.74, 6) is 0.342. The molecule has 0 radical (unpaired) electrons. The van der Waals surface area contributed by atoms with Crippen molar-refractivity contribution in [2.24, 2.45) is 0 Å². The second-order valence-electron chi connectivity index (χ2n) is 4.20. The number of nitrogens with zero attached hydrogens (tertiary/aromatic N) is 5. The average Bonchev–Trinajstić information content (AvgIpc) is 2.85. The van der Waals surface area contributed by atoms with E-state index < -0.39 is 5.97 Å². The molecule has 0 unspecified atom stereocenters. The molecule has 0 fully saturated rings. The zero-order valence-corrected chi connectivity index (χ0v) is 10.6. The maximum atomic E-state index is 11.0. The van der Waals surface area contributed by atoms with Gasteiger partial charge in [0.15, 0.2) is 5.82 Å². The minimum atomic E-state index is -1.02. The summed E-state index contributed by atoms with van der Waals surface area (Å²) in [5, 5.41) is 17.0. The minimum Gasteiger partial charge on any atom is -0.478 e. The first-order valence-electron chi connectivity index (χ1n) is 5.66. The van der Waals surface area contributed by atoms with Crippen molar-refractivity contribution in [2.75, 3.05) is 11.4 Å². The van der Waals surface area contributed by atoms with Gasteiger partial charge in [-0.2, -0.15) is 0 Å². The van der Waals surface area contributed by atoms with Crippen LogP contribution in [-0.4, -0.2) is 37.4 Å². The third-order valence-electron chi connectivity index (χ3n) is 2.99. The summed E-state index contributed by atoms with van der Waals surface area (Å²) in [7, 11) is 0. The monoisotopic (exact) mass is 279 g/mol. The van der Waals surface area contributed by atoms with Crippen LogP contribution in [-0.2, 0) is 13.1 Å². The van der Waals surface area contributed by atoms with Crippen LogP contribution < -0.4 is 4.90 Å². The van der Waals surface area contributed by atoms with Crippen LogP contribution >= 0.6 is 11.6 Å². The van der Waals surface area contributed by atoms with Crippen LogP contribution in [0.2, 0.25) is 5.15 Å². The number of pyridine rings is 1. The molecular formula is C11H10ClN5O2. The van der Waals surface area contributed by atoms with Gasteiger partial charge in [-0.1, -0.05) is 11.6 Å².